The van der Waals surface area contributed by atoms with E-state index in [2.05, 4.69) is 5.32 Å². The van der Waals surface area contributed by atoms with Crippen molar-refractivity contribution < 1.29 is 22.3 Å². The fraction of sp³-hybridized carbons (Fsp3) is 0.636. The van der Waals surface area contributed by atoms with Gasteiger partial charge in [0.05, 0.1) is 19.3 Å². The highest BCUT2D eigenvalue weighted by atomic mass is 19.4. The molecule has 0 fully saturated rings. The lowest BCUT2D eigenvalue weighted by Gasteiger charge is -2.05. The Balaban J connectivity index is 2.21. The van der Waals surface area contributed by atoms with E-state index < -0.39 is 12.6 Å². The van der Waals surface area contributed by atoms with Crippen molar-refractivity contribution in [1.82, 2.24) is 5.32 Å². The molecule has 1 heterocycles. The number of hydrogen-bond donors (Lipinski definition) is 1. The standard InChI is InChI=1S/C11H16F3NO2/c1-2-15-6-9-5-10(17-7-9)8-16-4-3-11(12,13)14/h5,7,15H,2-4,6,8H2,1H3. The predicted octanol–water partition coefficient (Wildman–Crippen LogP) is 2.86. The van der Waals surface area contributed by atoms with Crippen LogP contribution in [0, 0.1) is 0 Å². The van der Waals surface area contributed by atoms with Gasteiger partial charge in [-0.05, 0) is 12.6 Å². The zero-order chi connectivity index (χ0) is 12.7. The lowest BCUT2D eigenvalue weighted by molar-refractivity contribution is -0.146. The molecule has 6 heteroatoms. The second-order valence-electron chi connectivity index (χ2n) is 3.62. The number of ether oxygens (including phenoxy) is 1. The molecule has 1 N–H and O–H groups in total. The van der Waals surface area contributed by atoms with Gasteiger partial charge in [0.25, 0.3) is 0 Å². The molecular weight excluding hydrogens is 235 g/mol. The van der Waals surface area contributed by atoms with Crippen LogP contribution in [0.5, 0.6) is 0 Å². The van der Waals surface area contributed by atoms with Gasteiger partial charge in [0.1, 0.15) is 12.4 Å². The van der Waals surface area contributed by atoms with Crippen LogP contribution in [0.1, 0.15) is 24.7 Å². The molecule has 1 rings (SSSR count). The van der Waals surface area contributed by atoms with Gasteiger partial charge in [0, 0.05) is 12.1 Å². The van der Waals surface area contributed by atoms with E-state index in [0.717, 1.165) is 12.1 Å². The summed E-state index contributed by atoms with van der Waals surface area (Å²) in [6.07, 6.45) is -3.53. The first kappa shape index (κ1) is 14.1. The van der Waals surface area contributed by atoms with E-state index in [0.29, 0.717) is 12.3 Å². The maximum Gasteiger partial charge on any atom is 0.391 e. The molecule has 0 aliphatic rings. The molecule has 0 unspecified atom stereocenters. The number of rotatable bonds is 7. The molecular formula is C11H16F3NO2. The van der Waals surface area contributed by atoms with Crippen molar-refractivity contribution in [2.75, 3.05) is 13.2 Å². The van der Waals surface area contributed by atoms with Crippen LogP contribution < -0.4 is 5.32 Å². The minimum atomic E-state index is -4.17. The molecule has 0 atom stereocenters. The normalized spacial score (nSPS) is 12.0. The summed E-state index contributed by atoms with van der Waals surface area (Å²) in [4.78, 5) is 0. The second kappa shape index (κ2) is 6.66. The monoisotopic (exact) mass is 251 g/mol. The minimum Gasteiger partial charge on any atom is -0.467 e. The number of hydrogen-bond acceptors (Lipinski definition) is 3. The smallest absolute Gasteiger partial charge is 0.391 e. The SMILES string of the molecule is CCNCc1coc(COCCC(F)(F)F)c1. The number of alkyl halides is 3. The van der Waals surface area contributed by atoms with Crippen molar-refractivity contribution in [3.05, 3.63) is 23.7 Å². The molecule has 0 saturated carbocycles. The van der Waals surface area contributed by atoms with Crippen LogP contribution in [-0.2, 0) is 17.9 Å². The molecule has 0 aromatic carbocycles. The molecule has 0 aliphatic heterocycles. The van der Waals surface area contributed by atoms with Crippen LogP contribution in [-0.4, -0.2) is 19.3 Å². The highest BCUT2D eigenvalue weighted by Gasteiger charge is 2.26. The van der Waals surface area contributed by atoms with Crippen LogP contribution >= 0.6 is 0 Å². The quantitative estimate of drug-likeness (QED) is 0.757. The Morgan fingerprint density at radius 3 is 2.82 bits per heavy atom. The first-order chi connectivity index (χ1) is 8.01. The first-order valence-electron chi connectivity index (χ1n) is 5.43. The Morgan fingerprint density at radius 1 is 1.41 bits per heavy atom. The average Bonchev–Trinajstić information content (AvgIpc) is 2.68. The number of furan rings is 1. The Kier molecular flexibility index (Phi) is 5.50. The van der Waals surface area contributed by atoms with Crippen molar-refractivity contribution in [3.63, 3.8) is 0 Å². The van der Waals surface area contributed by atoms with Gasteiger partial charge >= 0.3 is 6.18 Å². The highest BCUT2D eigenvalue weighted by molar-refractivity contribution is 5.11. The van der Waals surface area contributed by atoms with E-state index in [-0.39, 0.29) is 13.2 Å². The van der Waals surface area contributed by atoms with Gasteiger partial charge in [-0.25, -0.2) is 0 Å². The summed E-state index contributed by atoms with van der Waals surface area (Å²) in [5, 5.41) is 3.12. The molecule has 0 bridgehead atoms. The zero-order valence-electron chi connectivity index (χ0n) is 9.64. The van der Waals surface area contributed by atoms with Crippen molar-refractivity contribution in [2.24, 2.45) is 0 Å². The summed E-state index contributed by atoms with van der Waals surface area (Å²) < 4.78 is 45.5. The van der Waals surface area contributed by atoms with Gasteiger partial charge in [0.2, 0.25) is 0 Å². The predicted molar refractivity (Wildman–Crippen MR) is 56.4 cm³/mol. The van der Waals surface area contributed by atoms with Crippen molar-refractivity contribution in [2.45, 2.75) is 32.7 Å². The van der Waals surface area contributed by atoms with E-state index >= 15 is 0 Å². The minimum absolute atomic E-state index is 0.0716. The van der Waals surface area contributed by atoms with Crippen LogP contribution in [0.4, 0.5) is 13.2 Å². The van der Waals surface area contributed by atoms with Crippen LogP contribution in [0.15, 0.2) is 16.7 Å². The summed E-state index contributed by atoms with van der Waals surface area (Å²) in [5.74, 6) is 0.542. The maximum absolute atomic E-state index is 11.8. The van der Waals surface area contributed by atoms with E-state index in [1.54, 1.807) is 12.3 Å². The molecule has 0 aliphatic carbocycles. The van der Waals surface area contributed by atoms with Gasteiger partial charge in [-0.1, -0.05) is 6.92 Å². The molecule has 1 aromatic rings. The van der Waals surface area contributed by atoms with E-state index in [4.69, 9.17) is 9.15 Å². The van der Waals surface area contributed by atoms with Crippen molar-refractivity contribution >= 4 is 0 Å². The summed E-state index contributed by atoms with van der Waals surface area (Å²) in [6.45, 7) is 3.25. The summed E-state index contributed by atoms with van der Waals surface area (Å²) >= 11 is 0. The average molecular weight is 251 g/mol. The van der Waals surface area contributed by atoms with Crippen molar-refractivity contribution in [1.29, 1.82) is 0 Å². The van der Waals surface area contributed by atoms with Gasteiger partial charge < -0.3 is 14.5 Å². The fourth-order valence-corrected chi connectivity index (χ4v) is 1.22. The highest BCUT2D eigenvalue weighted by Crippen LogP contribution is 2.19. The van der Waals surface area contributed by atoms with E-state index in [1.807, 2.05) is 6.92 Å². The topological polar surface area (TPSA) is 34.4 Å². The van der Waals surface area contributed by atoms with E-state index in [1.165, 1.54) is 0 Å². The Morgan fingerprint density at radius 2 is 2.18 bits per heavy atom. The summed E-state index contributed by atoms with van der Waals surface area (Å²) in [6, 6.07) is 1.77. The molecule has 0 spiro atoms. The first-order valence-corrected chi connectivity index (χ1v) is 5.43. The number of nitrogens with one attached hydrogen (secondary N) is 1. The third kappa shape index (κ3) is 6.33. The Hall–Kier alpha value is -1.01. The lowest BCUT2D eigenvalue weighted by atomic mass is 10.3. The Labute approximate surface area is 97.9 Å². The number of halogens is 3. The van der Waals surface area contributed by atoms with Crippen LogP contribution in [0.3, 0.4) is 0 Å². The molecule has 3 nitrogen and oxygen atoms in total. The zero-order valence-corrected chi connectivity index (χ0v) is 9.64. The second-order valence-corrected chi connectivity index (χ2v) is 3.62. The molecule has 0 saturated heterocycles. The maximum atomic E-state index is 11.8. The molecule has 1 aromatic heterocycles. The van der Waals surface area contributed by atoms with Crippen LogP contribution in [0.25, 0.3) is 0 Å². The van der Waals surface area contributed by atoms with Gasteiger partial charge in [-0.3, -0.25) is 0 Å². The Bertz CT molecular complexity index is 323. The fourth-order valence-electron chi connectivity index (χ4n) is 1.22. The van der Waals surface area contributed by atoms with E-state index in [9.17, 15) is 13.2 Å². The van der Waals surface area contributed by atoms with Gasteiger partial charge in [0.15, 0.2) is 0 Å². The molecule has 98 valence electrons. The summed E-state index contributed by atoms with van der Waals surface area (Å²) in [5.41, 5.74) is 0.960. The largest absolute Gasteiger partial charge is 0.467 e. The van der Waals surface area contributed by atoms with Crippen molar-refractivity contribution in [3.8, 4) is 0 Å². The summed E-state index contributed by atoms with van der Waals surface area (Å²) in [7, 11) is 0. The lowest BCUT2D eigenvalue weighted by Crippen LogP contribution is -2.11. The molecule has 17 heavy (non-hydrogen) atoms. The molecule has 0 radical (unpaired) electrons. The molecule has 0 amide bonds. The third-order valence-corrected chi connectivity index (χ3v) is 2.06. The van der Waals surface area contributed by atoms with Crippen LogP contribution in [0.2, 0.25) is 0 Å². The van der Waals surface area contributed by atoms with Gasteiger partial charge in [-0.2, -0.15) is 13.2 Å². The third-order valence-electron chi connectivity index (χ3n) is 2.06. The van der Waals surface area contributed by atoms with Gasteiger partial charge in [-0.15, -0.1) is 0 Å².